The summed E-state index contributed by atoms with van der Waals surface area (Å²) in [5.41, 5.74) is 4.73. The molecule has 0 saturated carbocycles. The van der Waals surface area contributed by atoms with Crippen LogP contribution in [0.3, 0.4) is 0 Å². The van der Waals surface area contributed by atoms with Gasteiger partial charge < -0.3 is 15.4 Å². The highest BCUT2D eigenvalue weighted by Crippen LogP contribution is 2.43. The molecule has 12 heteroatoms. The monoisotopic (exact) mass is 545 g/mol. The summed E-state index contributed by atoms with van der Waals surface area (Å²) in [5.74, 6) is -0.565. The van der Waals surface area contributed by atoms with Crippen LogP contribution < -0.4 is 10.6 Å². The molecule has 2 aromatic rings. The summed E-state index contributed by atoms with van der Waals surface area (Å²) in [4.78, 5) is 28.3. The van der Waals surface area contributed by atoms with Crippen molar-refractivity contribution in [3.05, 3.63) is 58.1 Å². The van der Waals surface area contributed by atoms with Gasteiger partial charge in [0.15, 0.2) is 0 Å². The minimum atomic E-state index is -5.02. The average Bonchev–Trinajstić information content (AvgIpc) is 2.95. The van der Waals surface area contributed by atoms with Gasteiger partial charge in [-0.1, -0.05) is 6.07 Å². The lowest BCUT2D eigenvalue weighted by Gasteiger charge is -2.33. The quantitative estimate of drug-likeness (QED) is 0.337. The van der Waals surface area contributed by atoms with E-state index in [4.69, 9.17) is 10.5 Å². The summed E-state index contributed by atoms with van der Waals surface area (Å²) >= 11 is 0. The van der Waals surface area contributed by atoms with Crippen LogP contribution >= 0.6 is 0 Å². The fourth-order valence-corrected chi connectivity index (χ4v) is 4.63. The van der Waals surface area contributed by atoms with Gasteiger partial charge in [0.05, 0.1) is 34.6 Å². The number of carbonyl (C=O) groups excluding carboxylic acids is 2. The van der Waals surface area contributed by atoms with Gasteiger partial charge in [-0.2, -0.15) is 26.3 Å². The van der Waals surface area contributed by atoms with Gasteiger partial charge in [0, 0.05) is 25.6 Å². The minimum absolute atomic E-state index is 0.0465. The third-order valence-corrected chi connectivity index (χ3v) is 6.14. The lowest BCUT2D eigenvalue weighted by molar-refractivity contribution is -0.143. The predicted molar refractivity (Wildman–Crippen MR) is 129 cm³/mol. The van der Waals surface area contributed by atoms with Crippen LogP contribution in [0.5, 0.6) is 0 Å². The van der Waals surface area contributed by atoms with E-state index >= 15 is 0 Å². The molecule has 1 aliphatic heterocycles. The number of nitrogens with two attached hydrogens (primary N) is 1. The number of hydrogen-bond donors (Lipinski definition) is 1. The lowest BCUT2D eigenvalue weighted by atomic mass is 9.95. The molecule has 38 heavy (non-hydrogen) atoms. The van der Waals surface area contributed by atoms with Gasteiger partial charge in [0.1, 0.15) is 0 Å². The first-order valence-corrected chi connectivity index (χ1v) is 11.9. The van der Waals surface area contributed by atoms with Crippen molar-refractivity contribution < 1.29 is 40.7 Å². The molecule has 2 amide bonds. The van der Waals surface area contributed by atoms with Crippen LogP contribution in [0, 0.1) is 6.92 Å². The van der Waals surface area contributed by atoms with Crippen molar-refractivity contribution in [2.45, 2.75) is 71.6 Å². The largest absolute Gasteiger partial charge is 0.446 e. The molecule has 1 aliphatic rings. The van der Waals surface area contributed by atoms with Crippen molar-refractivity contribution in [1.29, 1.82) is 0 Å². The molecule has 0 saturated heterocycles. The Hall–Kier alpha value is -3.44. The van der Waals surface area contributed by atoms with Crippen molar-refractivity contribution in [2.24, 2.45) is 0 Å². The Kier molecular flexibility index (Phi) is 8.23. The third-order valence-electron chi connectivity index (χ3n) is 6.14. The molecule has 0 spiro atoms. The summed E-state index contributed by atoms with van der Waals surface area (Å²) in [7, 11) is 0. The van der Waals surface area contributed by atoms with E-state index < -0.39 is 54.2 Å². The predicted octanol–water partition coefficient (Wildman–Crippen LogP) is 6.85. The zero-order valence-corrected chi connectivity index (χ0v) is 21.3. The number of ether oxygens (including phenoxy) is 1. The summed E-state index contributed by atoms with van der Waals surface area (Å²) in [6.07, 6.45) is -10.5. The second-order valence-corrected chi connectivity index (χ2v) is 9.60. The number of nitrogens with zero attached hydrogens (tertiary/aromatic N) is 2. The highest BCUT2D eigenvalue weighted by Gasteiger charge is 2.38. The Morgan fingerprint density at radius 2 is 1.63 bits per heavy atom. The zero-order chi connectivity index (χ0) is 28.6. The van der Waals surface area contributed by atoms with Crippen LogP contribution in [0.1, 0.15) is 67.5 Å². The molecular weight excluding hydrogens is 516 g/mol. The number of fused-ring (bicyclic) bond motifs is 1. The molecule has 2 N–H and O–H groups in total. The van der Waals surface area contributed by atoms with E-state index in [0.717, 1.165) is 0 Å². The number of carbonyl (C=O) groups is 2. The summed E-state index contributed by atoms with van der Waals surface area (Å²) in [6, 6.07) is 3.84. The fraction of sp³-hybridized carbons (Fsp3) is 0.462. The smallest absolute Gasteiger partial charge is 0.416 e. The van der Waals surface area contributed by atoms with Crippen molar-refractivity contribution >= 4 is 23.4 Å². The molecule has 0 bridgehead atoms. The van der Waals surface area contributed by atoms with Gasteiger partial charge in [0.25, 0.3) is 0 Å². The molecule has 1 unspecified atom stereocenters. The number of hydrogen-bond acceptors (Lipinski definition) is 4. The average molecular weight is 546 g/mol. The van der Waals surface area contributed by atoms with E-state index in [2.05, 4.69) is 0 Å². The van der Waals surface area contributed by atoms with Crippen LogP contribution in [0.15, 0.2) is 30.3 Å². The van der Waals surface area contributed by atoms with E-state index in [1.165, 1.54) is 16.7 Å². The van der Waals surface area contributed by atoms with E-state index in [9.17, 15) is 35.9 Å². The van der Waals surface area contributed by atoms with Crippen LogP contribution in [-0.2, 0) is 28.4 Å². The summed E-state index contributed by atoms with van der Waals surface area (Å²) in [5, 5.41) is 0. The highest BCUT2D eigenvalue weighted by molar-refractivity contribution is 5.94. The Labute approximate surface area is 216 Å². The van der Waals surface area contributed by atoms with Crippen LogP contribution in [0.4, 0.5) is 42.5 Å². The third kappa shape index (κ3) is 6.51. The summed E-state index contributed by atoms with van der Waals surface area (Å²) in [6.45, 7) is 5.97. The Balaban J connectivity index is 2.13. The van der Waals surface area contributed by atoms with E-state index in [1.807, 2.05) is 0 Å². The maximum atomic E-state index is 13.4. The van der Waals surface area contributed by atoms with Crippen LogP contribution in [0.25, 0.3) is 0 Å². The number of nitrogen functional groups attached to an aromatic ring is 1. The number of rotatable bonds is 4. The fourth-order valence-electron chi connectivity index (χ4n) is 4.63. The van der Waals surface area contributed by atoms with E-state index in [0.29, 0.717) is 35.4 Å². The molecule has 208 valence electrons. The number of amides is 2. The molecule has 1 heterocycles. The van der Waals surface area contributed by atoms with Crippen molar-refractivity contribution in [3.8, 4) is 0 Å². The molecule has 3 rings (SSSR count). The van der Waals surface area contributed by atoms with Crippen molar-refractivity contribution in [3.63, 3.8) is 0 Å². The number of halogens is 6. The molecular formula is C26H29F6N3O3. The number of aryl methyl sites for hydroxylation is 1. The Bertz CT molecular complexity index is 1180. The molecule has 1 atom stereocenters. The van der Waals surface area contributed by atoms with Gasteiger partial charge in [-0.15, -0.1) is 0 Å². The summed E-state index contributed by atoms with van der Waals surface area (Å²) < 4.78 is 85.9. The minimum Gasteiger partial charge on any atom is -0.446 e. The normalized spacial score (nSPS) is 16.2. The first-order valence-electron chi connectivity index (χ1n) is 11.9. The first-order chi connectivity index (χ1) is 17.5. The van der Waals surface area contributed by atoms with E-state index in [-0.39, 0.29) is 30.3 Å². The van der Waals surface area contributed by atoms with E-state index in [1.54, 1.807) is 32.9 Å². The van der Waals surface area contributed by atoms with Crippen LogP contribution in [-0.4, -0.2) is 29.5 Å². The number of alkyl halides is 6. The number of benzene rings is 2. The molecule has 0 aliphatic carbocycles. The maximum Gasteiger partial charge on any atom is 0.416 e. The zero-order valence-electron chi connectivity index (χ0n) is 21.3. The second-order valence-electron chi connectivity index (χ2n) is 9.60. The topological polar surface area (TPSA) is 75.9 Å². The molecule has 2 aromatic carbocycles. The highest BCUT2D eigenvalue weighted by atomic mass is 19.4. The molecule has 6 nitrogen and oxygen atoms in total. The van der Waals surface area contributed by atoms with Crippen molar-refractivity contribution in [1.82, 2.24) is 4.90 Å². The van der Waals surface area contributed by atoms with Gasteiger partial charge in [-0.3, -0.25) is 9.69 Å². The second kappa shape index (κ2) is 10.7. The van der Waals surface area contributed by atoms with Gasteiger partial charge in [-0.05, 0) is 69.0 Å². The Morgan fingerprint density at radius 3 is 2.13 bits per heavy atom. The molecule has 0 radical (unpaired) electrons. The van der Waals surface area contributed by atoms with Crippen LogP contribution in [0.2, 0.25) is 0 Å². The Morgan fingerprint density at radius 1 is 1.05 bits per heavy atom. The maximum absolute atomic E-state index is 13.4. The molecule has 0 fully saturated rings. The van der Waals surface area contributed by atoms with Crippen molar-refractivity contribution in [2.75, 3.05) is 17.2 Å². The SMILES string of the molecule is CC(=O)N(Cc1cc(C(F)(F)F)cc(C(F)(F)F)c1)C1CCCN(C(=O)OC(C)C)c2c(N)cc(C)cc21. The molecule has 0 aromatic heterocycles. The van der Waals surface area contributed by atoms with Gasteiger partial charge >= 0.3 is 18.4 Å². The first kappa shape index (κ1) is 29.1. The van der Waals surface area contributed by atoms with Gasteiger partial charge in [-0.25, -0.2) is 4.79 Å². The number of anilines is 2. The lowest BCUT2D eigenvalue weighted by Crippen LogP contribution is -2.35. The van der Waals surface area contributed by atoms with Gasteiger partial charge in [0.2, 0.25) is 5.91 Å². The standard InChI is InChI=1S/C26H29F6N3O3/c1-14(2)38-24(37)34-7-5-6-22(20-8-15(3)9-21(33)23(20)34)35(16(4)36)13-17-10-18(25(27,28)29)12-19(11-17)26(30,31)32/h8-12,14,22H,5-7,13,33H2,1-4H3.